The van der Waals surface area contributed by atoms with Crippen molar-refractivity contribution in [3.63, 3.8) is 0 Å². The van der Waals surface area contributed by atoms with Crippen molar-refractivity contribution in [3.8, 4) is 0 Å². The van der Waals surface area contributed by atoms with Gasteiger partial charge in [-0.15, -0.1) is 0 Å². The van der Waals surface area contributed by atoms with Gasteiger partial charge in [0.15, 0.2) is 5.17 Å². The van der Waals surface area contributed by atoms with Gasteiger partial charge in [-0.25, -0.2) is 9.91 Å². The Labute approximate surface area is 206 Å². The van der Waals surface area contributed by atoms with Crippen LogP contribution >= 0.6 is 23.4 Å². The first-order valence-electron chi connectivity index (χ1n) is 10.9. The number of rotatable bonds is 4. The van der Waals surface area contributed by atoms with Gasteiger partial charge in [0.1, 0.15) is 5.25 Å². The molecule has 2 aliphatic rings. The first kappa shape index (κ1) is 22.4. The molecule has 8 heteroatoms. The van der Waals surface area contributed by atoms with Crippen molar-refractivity contribution >= 4 is 51.7 Å². The largest absolute Gasteiger partial charge is 0.277 e. The lowest BCUT2D eigenvalue weighted by molar-refractivity contribution is -0.121. The number of anilines is 1. The van der Waals surface area contributed by atoms with Crippen LogP contribution in [0, 0.1) is 5.41 Å². The topological polar surface area (TPSA) is 76.8 Å². The zero-order valence-corrected chi connectivity index (χ0v) is 19.7. The highest BCUT2D eigenvalue weighted by atomic mass is 35.5. The fourth-order valence-corrected chi connectivity index (χ4v) is 5.29. The number of carbonyl (C=O) groups is 2. The summed E-state index contributed by atoms with van der Waals surface area (Å²) >= 11 is 7.02. The molecule has 1 saturated heterocycles. The lowest BCUT2D eigenvalue weighted by Crippen LogP contribution is -2.32. The second-order valence-corrected chi connectivity index (χ2v) is 9.68. The number of amides is 2. The molecule has 2 atom stereocenters. The Morgan fingerprint density at radius 1 is 0.912 bits per heavy atom. The minimum absolute atomic E-state index is 0.0353. The molecule has 2 heterocycles. The maximum Gasteiger partial charge on any atom is 0.247 e. The van der Waals surface area contributed by atoms with E-state index in [1.807, 2.05) is 60.7 Å². The molecule has 2 amide bonds. The first-order valence-corrected chi connectivity index (χ1v) is 12.1. The van der Waals surface area contributed by atoms with Crippen molar-refractivity contribution in [2.45, 2.75) is 24.1 Å². The van der Waals surface area contributed by atoms with Crippen LogP contribution in [0.1, 0.15) is 30.0 Å². The predicted octanol–water partition coefficient (Wildman–Crippen LogP) is 5.49. The van der Waals surface area contributed by atoms with Crippen molar-refractivity contribution in [1.29, 1.82) is 5.41 Å². The molecule has 5 rings (SSSR count). The average Bonchev–Trinajstić information content (AvgIpc) is 3.42. The summed E-state index contributed by atoms with van der Waals surface area (Å²) in [6, 6.07) is 26.3. The fraction of sp³-hybridized carbons (Fsp3) is 0.154. The normalized spacial score (nSPS) is 20.1. The van der Waals surface area contributed by atoms with E-state index in [9.17, 15) is 9.59 Å². The van der Waals surface area contributed by atoms with E-state index >= 15 is 0 Å². The summed E-state index contributed by atoms with van der Waals surface area (Å²) in [4.78, 5) is 26.9. The Bertz CT molecular complexity index is 1260. The van der Waals surface area contributed by atoms with Crippen LogP contribution in [0.15, 0.2) is 90.0 Å². The van der Waals surface area contributed by atoms with Crippen LogP contribution in [-0.4, -0.2) is 33.0 Å². The number of imide groups is 1. The molecule has 0 spiro atoms. The molecule has 2 aliphatic heterocycles. The van der Waals surface area contributed by atoms with Crippen molar-refractivity contribution < 1.29 is 9.59 Å². The SMILES string of the molecule is N=C(SC1CC(=O)N(c2ccc(Cl)cc2)C1=O)N1N=C(c2ccccc2)CC1c1ccccc1. The monoisotopic (exact) mass is 488 g/mol. The maximum atomic E-state index is 13.1. The van der Waals surface area contributed by atoms with Gasteiger partial charge < -0.3 is 0 Å². The molecule has 6 nitrogen and oxygen atoms in total. The van der Waals surface area contributed by atoms with E-state index in [0.29, 0.717) is 17.1 Å². The van der Waals surface area contributed by atoms with E-state index in [4.69, 9.17) is 22.1 Å². The standard InChI is InChI=1S/C26H21ClN4O2S/c27-19-11-13-20(14-12-19)30-24(32)16-23(25(30)33)34-26(28)31-22(18-9-5-2-6-10-18)15-21(29-31)17-7-3-1-4-8-17/h1-14,22-23,28H,15-16H2. The number of carbonyl (C=O) groups excluding carboxylic acids is 2. The van der Waals surface area contributed by atoms with Crippen LogP contribution in [0.25, 0.3) is 0 Å². The minimum atomic E-state index is -0.678. The first-order chi connectivity index (χ1) is 16.5. The number of benzene rings is 3. The number of thioether (sulfide) groups is 1. The summed E-state index contributed by atoms with van der Waals surface area (Å²) in [5.74, 6) is -0.614. The summed E-state index contributed by atoms with van der Waals surface area (Å²) in [6.07, 6.45) is 0.680. The molecule has 170 valence electrons. The van der Waals surface area contributed by atoms with Gasteiger partial charge in [-0.2, -0.15) is 5.10 Å². The van der Waals surface area contributed by atoms with Gasteiger partial charge in [-0.05, 0) is 35.4 Å². The molecular formula is C26H21ClN4O2S. The van der Waals surface area contributed by atoms with Gasteiger partial charge in [0.05, 0.1) is 17.4 Å². The lowest BCUT2D eigenvalue weighted by atomic mass is 9.99. The van der Waals surface area contributed by atoms with Gasteiger partial charge in [0.25, 0.3) is 0 Å². The summed E-state index contributed by atoms with van der Waals surface area (Å²) in [6.45, 7) is 0. The molecule has 34 heavy (non-hydrogen) atoms. The van der Waals surface area contributed by atoms with Gasteiger partial charge in [0, 0.05) is 17.9 Å². The summed E-state index contributed by atoms with van der Waals surface area (Å²) in [7, 11) is 0. The zero-order chi connectivity index (χ0) is 23.7. The molecule has 2 unspecified atom stereocenters. The van der Waals surface area contributed by atoms with E-state index in [0.717, 1.165) is 28.6 Å². The van der Waals surface area contributed by atoms with Crippen LogP contribution in [-0.2, 0) is 9.59 Å². The fourth-order valence-electron chi connectivity index (χ4n) is 4.18. The Morgan fingerprint density at radius 3 is 2.24 bits per heavy atom. The molecular weight excluding hydrogens is 468 g/mol. The van der Waals surface area contributed by atoms with Crippen LogP contribution in [0.5, 0.6) is 0 Å². The van der Waals surface area contributed by atoms with E-state index < -0.39 is 5.25 Å². The maximum absolute atomic E-state index is 13.1. The van der Waals surface area contributed by atoms with Gasteiger partial charge >= 0.3 is 0 Å². The van der Waals surface area contributed by atoms with Crippen molar-refractivity contribution in [2.24, 2.45) is 5.10 Å². The minimum Gasteiger partial charge on any atom is -0.277 e. The molecule has 0 aliphatic carbocycles. The summed E-state index contributed by atoms with van der Waals surface area (Å²) < 4.78 is 0. The Hall–Kier alpha value is -3.42. The quantitative estimate of drug-likeness (QED) is 0.299. The number of nitrogens with zero attached hydrogens (tertiary/aromatic N) is 3. The second kappa shape index (κ2) is 9.44. The molecule has 3 aromatic rings. The number of hydrogen-bond acceptors (Lipinski definition) is 5. The van der Waals surface area contributed by atoms with E-state index in [1.54, 1.807) is 29.3 Å². The number of hydrogen-bond donors (Lipinski definition) is 1. The third-order valence-corrected chi connectivity index (χ3v) is 7.17. The van der Waals surface area contributed by atoms with Gasteiger partial charge in [0.2, 0.25) is 11.8 Å². The second-order valence-electron chi connectivity index (χ2n) is 8.05. The average molecular weight is 489 g/mol. The number of hydrazone groups is 1. The molecule has 1 fully saturated rings. The Kier molecular flexibility index (Phi) is 6.22. The molecule has 0 bridgehead atoms. The van der Waals surface area contributed by atoms with E-state index in [2.05, 4.69) is 0 Å². The van der Waals surface area contributed by atoms with E-state index in [-0.39, 0.29) is 29.4 Å². The number of amidine groups is 1. The zero-order valence-electron chi connectivity index (χ0n) is 18.1. The summed E-state index contributed by atoms with van der Waals surface area (Å²) in [5.41, 5.74) is 3.42. The predicted molar refractivity (Wildman–Crippen MR) is 136 cm³/mol. The van der Waals surface area contributed by atoms with E-state index in [1.165, 1.54) is 4.90 Å². The Balaban J connectivity index is 1.38. The third-order valence-electron chi connectivity index (χ3n) is 5.85. The van der Waals surface area contributed by atoms with Crippen LogP contribution in [0.2, 0.25) is 5.02 Å². The number of halogens is 1. The molecule has 0 radical (unpaired) electrons. The Morgan fingerprint density at radius 2 is 1.56 bits per heavy atom. The van der Waals surface area contributed by atoms with Crippen molar-refractivity contribution in [3.05, 3.63) is 101 Å². The highest BCUT2D eigenvalue weighted by Crippen LogP contribution is 2.37. The highest BCUT2D eigenvalue weighted by molar-refractivity contribution is 8.14. The molecule has 3 aromatic carbocycles. The van der Waals surface area contributed by atoms with Crippen LogP contribution in [0.3, 0.4) is 0 Å². The number of nitrogens with one attached hydrogen (secondary N) is 1. The third kappa shape index (κ3) is 4.36. The molecule has 0 saturated carbocycles. The lowest BCUT2D eigenvalue weighted by Gasteiger charge is -2.24. The smallest absolute Gasteiger partial charge is 0.247 e. The van der Waals surface area contributed by atoms with Crippen molar-refractivity contribution in [1.82, 2.24) is 5.01 Å². The summed E-state index contributed by atoms with van der Waals surface area (Å²) in [5, 5.41) is 15.3. The highest BCUT2D eigenvalue weighted by Gasteiger charge is 2.42. The van der Waals surface area contributed by atoms with Crippen LogP contribution in [0.4, 0.5) is 5.69 Å². The van der Waals surface area contributed by atoms with Crippen LogP contribution < -0.4 is 4.90 Å². The van der Waals surface area contributed by atoms with Gasteiger partial charge in [-0.3, -0.25) is 15.0 Å². The molecule has 1 N–H and O–H groups in total. The van der Waals surface area contributed by atoms with Gasteiger partial charge in [-0.1, -0.05) is 84.0 Å². The van der Waals surface area contributed by atoms with Crippen molar-refractivity contribution in [2.75, 3.05) is 4.90 Å². The molecule has 0 aromatic heterocycles.